The van der Waals surface area contributed by atoms with Crippen LogP contribution in [0.1, 0.15) is 26.0 Å². The van der Waals surface area contributed by atoms with Crippen molar-refractivity contribution in [2.75, 3.05) is 0 Å². The Kier molecular flexibility index (Phi) is 4.34. The fourth-order valence-electron chi connectivity index (χ4n) is 2.74. The number of thiophene rings is 1. The Morgan fingerprint density at radius 3 is 2.88 bits per heavy atom. The summed E-state index contributed by atoms with van der Waals surface area (Å²) in [5.74, 6) is -0.437. The van der Waals surface area contributed by atoms with Crippen LogP contribution in [0.2, 0.25) is 0 Å². The second-order valence-electron chi connectivity index (χ2n) is 5.90. The molecule has 7 heteroatoms. The zero-order chi connectivity index (χ0) is 18.3. The number of amides is 1. The van der Waals surface area contributed by atoms with E-state index in [0.29, 0.717) is 23.1 Å². The van der Waals surface area contributed by atoms with Gasteiger partial charge in [0.1, 0.15) is 11.4 Å². The number of aryl methyl sites for hydroxylation is 2. The number of rotatable bonds is 4. The van der Waals surface area contributed by atoms with Crippen LogP contribution >= 0.6 is 22.7 Å². The normalized spacial score (nSPS) is 11.2. The van der Waals surface area contributed by atoms with Crippen LogP contribution in [0.5, 0.6) is 0 Å². The largest absolute Gasteiger partial charge is 0.451 e. The molecule has 0 atom stereocenters. The molecule has 0 unspecified atom stereocenters. The quantitative estimate of drug-likeness (QED) is 0.517. The first-order valence-corrected chi connectivity index (χ1v) is 9.69. The van der Waals surface area contributed by atoms with Gasteiger partial charge < -0.3 is 9.73 Å². The lowest BCUT2D eigenvalue weighted by molar-refractivity contribution is 0.0925. The number of thiazole rings is 1. The number of nitrogens with zero attached hydrogens (tertiary/aromatic N) is 1. The van der Waals surface area contributed by atoms with Gasteiger partial charge in [-0.15, -0.1) is 22.7 Å². The van der Waals surface area contributed by atoms with Gasteiger partial charge in [0.25, 0.3) is 5.91 Å². The number of aromatic nitrogens is 1. The molecule has 0 saturated carbocycles. The molecule has 0 radical (unpaired) electrons. The summed E-state index contributed by atoms with van der Waals surface area (Å²) in [7, 11) is 0. The molecule has 0 aliphatic carbocycles. The zero-order valence-electron chi connectivity index (χ0n) is 14.1. The molecule has 1 aromatic carbocycles. The van der Waals surface area contributed by atoms with Gasteiger partial charge in [0, 0.05) is 21.2 Å². The highest BCUT2D eigenvalue weighted by atomic mass is 32.1. The highest BCUT2D eigenvalue weighted by molar-refractivity contribution is 7.16. The summed E-state index contributed by atoms with van der Waals surface area (Å²) >= 11 is 3.21. The molecule has 1 N–H and O–H groups in total. The van der Waals surface area contributed by atoms with Crippen LogP contribution in [-0.2, 0) is 6.54 Å². The van der Waals surface area contributed by atoms with Crippen molar-refractivity contribution in [2.45, 2.75) is 20.4 Å². The summed E-state index contributed by atoms with van der Waals surface area (Å²) in [6.07, 6.45) is 0. The molecule has 0 aliphatic rings. The average molecular weight is 386 g/mol. The molecule has 0 fully saturated rings. The molecule has 4 nitrogen and oxygen atoms in total. The van der Waals surface area contributed by atoms with Gasteiger partial charge in [-0.3, -0.25) is 4.79 Å². The highest BCUT2D eigenvalue weighted by Gasteiger charge is 2.18. The Morgan fingerprint density at radius 2 is 2.12 bits per heavy atom. The maximum Gasteiger partial charge on any atom is 0.287 e. The Balaban J connectivity index is 1.49. The number of hydrogen-bond acceptors (Lipinski definition) is 5. The van der Waals surface area contributed by atoms with Crippen LogP contribution in [0.4, 0.5) is 4.39 Å². The van der Waals surface area contributed by atoms with Crippen LogP contribution in [0.25, 0.3) is 21.5 Å². The number of carbonyl (C=O) groups excluding carboxylic acids is 1. The topological polar surface area (TPSA) is 55.1 Å². The fraction of sp³-hybridized carbons (Fsp3) is 0.158. The van der Waals surface area contributed by atoms with Crippen molar-refractivity contribution in [3.63, 3.8) is 0 Å². The molecule has 4 aromatic rings. The number of furan rings is 1. The Labute approximate surface area is 157 Å². The summed E-state index contributed by atoms with van der Waals surface area (Å²) in [5, 5.41) is 6.54. The van der Waals surface area contributed by atoms with Crippen molar-refractivity contribution in [3.8, 4) is 10.6 Å². The van der Waals surface area contributed by atoms with E-state index >= 15 is 0 Å². The molecule has 1 amide bonds. The predicted octanol–water partition coefficient (Wildman–Crippen LogP) is 5.30. The maximum absolute atomic E-state index is 13.4. The first kappa shape index (κ1) is 16.9. The molecule has 3 heterocycles. The predicted molar refractivity (Wildman–Crippen MR) is 102 cm³/mol. The van der Waals surface area contributed by atoms with Crippen LogP contribution in [0.3, 0.4) is 0 Å². The third kappa shape index (κ3) is 3.15. The summed E-state index contributed by atoms with van der Waals surface area (Å²) in [6, 6.07) is 8.23. The van der Waals surface area contributed by atoms with Crippen molar-refractivity contribution in [1.29, 1.82) is 0 Å². The molecule has 0 spiro atoms. The Morgan fingerprint density at radius 1 is 1.27 bits per heavy atom. The monoisotopic (exact) mass is 386 g/mol. The first-order valence-electron chi connectivity index (χ1n) is 7.99. The molecule has 0 bridgehead atoms. The highest BCUT2D eigenvalue weighted by Crippen LogP contribution is 2.29. The van der Waals surface area contributed by atoms with Gasteiger partial charge in [-0.05, 0) is 44.2 Å². The van der Waals surface area contributed by atoms with Gasteiger partial charge in [-0.2, -0.15) is 0 Å². The summed E-state index contributed by atoms with van der Waals surface area (Å²) in [6.45, 7) is 4.13. The second kappa shape index (κ2) is 6.66. The van der Waals surface area contributed by atoms with E-state index in [4.69, 9.17) is 4.42 Å². The van der Waals surface area contributed by atoms with Gasteiger partial charge >= 0.3 is 0 Å². The van der Waals surface area contributed by atoms with E-state index in [-0.39, 0.29) is 17.5 Å². The molecule has 0 aliphatic heterocycles. The van der Waals surface area contributed by atoms with Crippen molar-refractivity contribution in [3.05, 3.63) is 62.7 Å². The molecule has 132 valence electrons. The number of halogens is 1. The maximum atomic E-state index is 13.4. The number of fused-ring (bicyclic) bond motifs is 1. The van der Waals surface area contributed by atoms with Crippen LogP contribution < -0.4 is 5.32 Å². The fourth-order valence-corrected chi connectivity index (χ4v) is 4.34. The minimum atomic E-state index is -0.350. The second-order valence-corrected chi connectivity index (χ2v) is 8.13. The van der Waals surface area contributed by atoms with E-state index in [0.717, 1.165) is 20.5 Å². The lowest BCUT2D eigenvalue weighted by atomic mass is 10.1. The van der Waals surface area contributed by atoms with Crippen molar-refractivity contribution >= 4 is 39.5 Å². The van der Waals surface area contributed by atoms with E-state index in [2.05, 4.69) is 10.3 Å². The van der Waals surface area contributed by atoms with Crippen molar-refractivity contribution in [2.24, 2.45) is 0 Å². The van der Waals surface area contributed by atoms with E-state index in [1.54, 1.807) is 29.6 Å². The SMILES string of the molecule is Cc1nc(-c2ccc(CNC(=O)c3oc4ccc(F)cc4c3C)s2)cs1. The van der Waals surface area contributed by atoms with Crippen LogP contribution in [-0.4, -0.2) is 10.9 Å². The average Bonchev–Trinajstić information content (AvgIpc) is 3.33. The lowest BCUT2D eigenvalue weighted by Gasteiger charge is -2.01. The Bertz CT molecular complexity index is 1110. The van der Waals surface area contributed by atoms with E-state index in [1.807, 2.05) is 24.4 Å². The van der Waals surface area contributed by atoms with E-state index in [1.165, 1.54) is 18.2 Å². The van der Waals surface area contributed by atoms with Crippen LogP contribution in [0.15, 0.2) is 40.1 Å². The number of hydrogen-bond donors (Lipinski definition) is 1. The molecular weight excluding hydrogens is 371 g/mol. The van der Waals surface area contributed by atoms with Gasteiger partial charge in [-0.1, -0.05) is 0 Å². The van der Waals surface area contributed by atoms with Crippen molar-refractivity contribution < 1.29 is 13.6 Å². The number of benzene rings is 1. The summed E-state index contributed by atoms with van der Waals surface area (Å²) in [5.41, 5.74) is 2.11. The third-order valence-electron chi connectivity index (χ3n) is 4.06. The summed E-state index contributed by atoms with van der Waals surface area (Å²) < 4.78 is 19.0. The van der Waals surface area contributed by atoms with E-state index < -0.39 is 0 Å². The Hall–Kier alpha value is -2.51. The molecule has 26 heavy (non-hydrogen) atoms. The van der Waals surface area contributed by atoms with E-state index in [9.17, 15) is 9.18 Å². The summed E-state index contributed by atoms with van der Waals surface area (Å²) in [4.78, 5) is 19.0. The number of carbonyl (C=O) groups is 1. The molecule has 3 aromatic heterocycles. The van der Waals surface area contributed by atoms with Crippen molar-refractivity contribution in [1.82, 2.24) is 10.3 Å². The molecular formula is C19H15FN2O2S2. The minimum Gasteiger partial charge on any atom is -0.451 e. The smallest absolute Gasteiger partial charge is 0.287 e. The van der Waals surface area contributed by atoms with Gasteiger partial charge in [0.05, 0.1) is 22.1 Å². The third-order valence-corrected chi connectivity index (χ3v) is 5.94. The number of nitrogens with one attached hydrogen (secondary N) is 1. The lowest BCUT2D eigenvalue weighted by Crippen LogP contribution is -2.22. The van der Waals surface area contributed by atoms with Gasteiger partial charge in [0.15, 0.2) is 5.76 Å². The minimum absolute atomic E-state index is 0.220. The zero-order valence-corrected chi connectivity index (χ0v) is 15.8. The molecule has 0 saturated heterocycles. The van der Waals surface area contributed by atoms with Crippen LogP contribution in [0, 0.1) is 19.7 Å². The first-order chi connectivity index (χ1) is 12.5. The molecule has 4 rings (SSSR count). The van der Waals surface area contributed by atoms with Gasteiger partial charge in [0.2, 0.25) is 0 Å². The van der Waals surface area contributed by atoms with Gasteiger partial charge in [-0.25, -0.2) is 9.37 Å². The standard InChI is InChI=1S/C19H15FN2O2S2/c1-10-14-7-12(20)3-5-16(14)24-18(10)19(23)21-8-13-4-6-17(26-13)15-9-25-11(2)22-15/h3-7,9H,8H2,1-2H3,(H,21,23).